The van der Waals surface area contributed by atoms with E-state index in [1.54, 1.807) is 0 Å². The van der Waals surface area contributed by atoms with Gasteiger partial charge in [-0.15, -0.1) is 0 Å². The molecule has 1 atom stereocenters. The number of hydrogen-bond acceptors (Lipinski definition) is 7. The Kier molecular flexibility index (Phi) is 7.49. The lowest BCUT2D eigenvalue weighted by Gasteiger charge is -2.35. The Balaban J connectivity index is 1.29. The summed E-state index contributed by atoms with van der Waals surface area (Å²) in [5, 5.41) is 16.0. The second kappa shape index (κ2) is 10.9. The van der Waals surface area contributed by atoms with E-state index >= 15 is 0 Å². The highest BCUT2D eigenvalue weighted by molar-refractivity contribution is 5.98. The minimum atomic E-state index is -0.217. The van der Waals surface area contributed by atoms with Gasteiger partial charge in [0.25, 0.3) is 5.91 Å². The van der Waals surface area contributed by atoms with E-state index in [1.165, 1.54) is 44.7 Å². The third-order valence-corrected chi connectivity index (χ3v) is 8.36. The Morgan fingerprint density at radius 1 is 1.14 bits per heavy atom. The van der Waals surface area contributed by atoms with Crippen molar-refractivity contribution < 1.29 is 4.79 Å². The van der Waals surface area contributed by atoms with Gasteiger partial charge in [-0.05, 0) is 62.5 Å². The van der Waals surface area contributed by atoms with Crippen molar-refractivity contribution in [3.8, 4) is 6.07 Å². The topological polar surface area (TPSA) is 97.2 Å². The molecule has 1 aromatic heterocycles. The number of anilines is 1. The maximum atomic E-state index is 13.5. The van der Waals surface area contributed by atoms with Gasteiger partial charge in [-0.3, -0.25) is 9.69 Å². The summed E-state index contributed by atoms with van der Waals surface area (Å²) in [5.41, 5.74) is 2.12. The molecular weight excluding hydrogens is 450 g/mol. The predicted octanol–water partition coefficient (Wildman–Crippen LogP) is 3.45. The van der Waals surface area contributed by atoms with Crippen LogP contribution in [-0.4, -0.2) is 72.0 Å². The summed E-state index contributed by atoms with van der Waals surface area (Å²) in [7, 11) is 2.14. The minimum absolute atomic E-state index is 0.0756. The van der Waals surface area contributed by atoms with Gasteiger partial charge in [-0.25, -0.2) is 9.97 Å². The molecule has 3 aliphatic rings. The van der Waals surface area contributed by atoms with Gasteiger partial charge in [-0.1, -0.05) is 30.3 Å². The second-order valence-electron chi connectivity index (χ2n) is 10.9. The van der Waals surface area contributed by atoms with Crippen LogP contribution < -0.4 is 10.6 Å². The Bertz CT molecular complexity index is 1080. The van der Waals surface area contributed by atoms with E-state index in [0.29, 0.717) is 22.7 Å². The fourth-order valence-electron chi connectivity index (χ4n) is 5.59. The van der Waals surface area contributed by atoms with Gasteiger partial charge in [0.2, 0.25) is 5.82 Å². The van der Waals surface area contributed by atoms with Crippen molar-refractivity contribution in [1.29, 1.82) is 5.26 Å². The highest BCUT2D eigenvalue weighted by Gasteiger charge is 2.44. The second-order valence-corrected chi connectivity index (χ2v) is 10.9. The van der Waals surface area contributed by atoms with Crippen LogP contribution in [0.1, 0.15) is 66.3 Å². The summed E-state index contributed by atoms with van der Waals surface area (Å²) in [6.07, 6.45) is 9.33. The molecule has 1 aliphatic heterocycles. The third-order valence-electron chi connectivity index (χ3n) is 8.36. The van der Waals surface area contributed by atoms with Gasteiger partial charge in [0, 0.05) is 45.5 Å². The zero-order chi connectivity index (χ0) is 25.0. The molecule has 36 heavy (non-hydrogen) atoms. The van der Waals surface area contributed by atoms with Gasteiger partial charge < -0.3 is 15.5 Å². The zero-order valence-corrected chi connectivity index (χ0v) is 21.2. The van der Waals surface area contributed by atoms with Crippen molar-refractivity contribution in [3.63, 3.8) is 0 Å². The number of amides is 1. The summed E-state index contributed by atoms with van der Waals surface area (Å²) in [4.78, 5) is 26.8. The predicted molar refractivity (Wildman–Crippen MR) is 139 cm³/mol. The first-order valence-electron chi connectivity index (χ1n) is 13.3. The molecule has 2 heterocycles. The molecule has 5 rings (SSSR count). The van der Waals surface area contributed by atoms with E-state index in [9.17, 15) is 10.1 Å². The van der Waals surface area contributed by atoms with Crippen LogP contribution in [0.15, 0.2) is 36.5 Å². The Morgan fingerprint density at radius 3 is 2.53 bits per heavy atom. The first kappa shape index (κ1) is 24.7. The number of benzene rings is 1. The van der Waals surface area contributed by atoms with Crippen molar-refractivity contribution >= 4 is 11.7 Å². The van der Waals surface area contributed by atoms with Gasteiger partial charge in [0.1, 0.15) is 17.5 Å². The SMILES string of the molecule is CN1CCN(CC(NC(=O)c2cnc(C#N)nc2NCC2CCC3(CC2)CC3)c2ccccc2)CC1. The summed E-state index contributed by atoms with van der Waals surface area (Å²) in [6.45, 7) is 5.51. The lowest BCUT2D eigenvalue weighted by molar-refractivity contribution is 0.0907. The van der Waals surface area contributed by atoms with Gasteiger partial charge in [0.15, 0.2) is 0 Å². The number of carbonyl (C=O) groups is 1. The van der Waals surface area contributed by atoms with Gasteiger partial charge in [-0.2, -0.15) is 5.26 Å². The van der Waals surface area contributed by atoms with Crippen molar-refractivity contribution in [3.05, 3.63) is 53.5 Å². The lowest BCUT2D eigenvalue weighted by Crippen LogP contribution is -2.47. The standard InChI is InChI=1S/C28H37N7O/c1-34-13-15-35(16-14-34)20-24(22-5-3-2-4-6-22)32-27(36)23-19-30-25(17-29)33-26(23)31-18-21-7-9-28(10-8-21)11-12-28/h2-6,19,21,24H,7-16,18,20H2,1H3,(H,32,36)(H,30,31,33). The summed E-state index contributed by atoms with van der Waals surface area (Å²) >= 11 is 0. The van der Waals surface area contributed by atoms with E-state index in [0.717, 1.165) is 44.8 Å². The van der Waals surface area contributed by atoms with Crippen LogP contribution in [-0.2, 0) is 0 Å². The molecule has 3 fully saturated rings. The monoisotopic (exact) mass is 487 g/mol. The zero-order valence-electron chi connectivity index (χ0n) is 21.2. The summed E-state index contributed by atoms with van der Waals surface area (Å²) in [5.74, 6) is 0.885. The Hall–Kier alpha value is -3.02. The van der Waals surface area contributed by atoms with E-state index < -0.39 is 0 Å². The lowest BCUT2D eigenvalue weighted by atomic mass is 9.80. The van der Waals surface area contributed by atoms with E-state index in [1.807, 2.05) is 24.3 Å². The molecule has 190 valence electrons. The van der Waals surface area contributed by atoms with E-state index in [2.05, 4.69) is 49.6 Å². The molecule has 2 aliphatic carbocycles. The molecule has 8 heteroatoms. The summed E-state index contributed by atoms with van der Waals surface area (Å²) < 4.78 is 0. The highest BCUT2D eigenvalue weighted by Crippen LogP contribution is 2.57. The third kappa shape index (κ3) is 6.03. The van der Waals surface area contributed by atoms with Crippen LogP contribution in [0.3, 0.4) is 0 Å². The molecule has 2 aromatic rings. The number of hydrogen-bond donors (Lipinski definition) is 2. The number of carbonyl (C=O) groups excluding carboxylic acids is 1. The van der Waals surface area contributed by atoms with Gasteiger partial charge in [0.05, 0.1) is 6.04 Å². The van der Waals surface area contributed by atoms with Crippen LogP contribution in [0.25, 0.3) is 0 Å². The van der Waals surface area contributed by atoms with Crippen LogP contribution in [0.2, 0.25) is 0 Å². The van der Waals surface area contributed by atoms with Crippen molar-refractivity contribution in [1.82, 2.24) is 25.1 Å². The van der Waals surface area contributed by atoms with Gasteiger partial charge >= 0.3 is 0 Å². The largest absolute Gasteiger partial charge is 0.369 e. The fourth-order valence-corrected chi connectivity index (χ4v) is 5.59. The molecule has 2 saturated carbocycles. The smallest absolute Gasteiger partial charge is 0.257 e. The van der Waals surface area contributed by atoms with Crippen LogP contribution in [0, 0.1) is 22.7 Å². The number of aromatic nitrogens is 2. The first-order valence-corrected chi connectivity index (χ1v) is 13.3. The fraction of sp³-hybridized carbons (Fsp3) is 0.571. The van der Waals surface area contributed by atoms with Crippen molar-refractivity contribution in [2.45, 2.75) is 44.6 Å². The average molecular weight is 488 g/mol. The maximum absolute atomic E-state index is 13.5. The van der Waals surface area contributed by atoms with Crippen LogP contribution >= 0.6 is 0 Å². The van der Waals surface area contributed by atoms with Crippen LogP contribution in [0.4, 0.5) is 5.82 Å². The number of likely N-dealkylation sites (N-methyl/N-ethyl adjacent to an activating group) is 1. The number of nitrogens with zero attached hydrogens (tertiary/aromatic N) is 5. The average Bonchev–Trinajstić information content (AvgIpc) is 3.68. The number of piperazine rings is 1. The van der Waals surface area contributed by atoms with Crippen LogP contribution in [0.5, 0.6) is 0 Å². The van der Waals surface area contributed by atoms with Crippen molar-refractivity contribution in [2.24, 2.45) is 11.3 Å². The normalized spacial score (nSPS) is 21.0. The molecule has 1 saturated heterocycles. The number of nitriles is 1. The molecule has 1 unspecified atom stereocenters. The van der Waals surface area contributed by atoms with E-state index in [4.69, 9.17) is 0 Å². The highest BCUT2D eigenvalue weighted by atomic mass is 16.1. The summed E-state index contributed by atoms with van der Waals surface area (Å²) in [6, 6.07) is 12.0. The number of rotatable bonds is 8. The Morgan fingerprint density at radius 2 is 1.86 bits per heavy atom. The molecule has 0 bridgehead atoms. The van der Waals surface area contributed by atoms with Crippen molar-refractivity contribution in [2.75, 3.05) is 51.6 Å². The minimum Gasteiger partial charge on any atom is -0.369 e. The number of nitrogens with one attached hydrogen (secondary N) is 2. The first-order chi connectivity index (χ1) is 17.5. The molecule has 1 aromatic carbocycles. The quantitative estimate of drug-likeness (QED) is 0.589. The molecule has 1 amide bonds. The maximum Gasteiger partial charge on any atom is 0.257 e. The molecule has 2 N–H and O–H groups in total. The van der Waals surface area contributed by atoms with E-state index in [-0.39, 0.29) is 17.8 Å². The molecule has 1 spiro atoms. The molecule has 0 radical (unpaired) electrons. The molecular formula is C28H37N7O. The molecule has 8 nitrogen and oxygen atoms in total. The Labute approximate surface area is 214 Å².